The number of rotatable bonds is 10. The number of benzene rings is 1. The van der Waals surface area contributed by atoms with Crippen LogP contribution < -0.4 is 10.6 Å². The van der Waals surface area contributed by atoms with E-state index in [0.717, 1.165) is 6.20 Å². The lowest BCUT2D eigenvalue weighted by Crippen LogP contribution is -2.38. The van der Waals surface area contributed by atoms with E-state index in [4.69, 9.17) is 4.52 Å². The van der Waals surface area contributed by atoms with Crippen LogP contribution in [0, 0.1) is 17.6 Å². The maximum atomic E-state index is 14.7. The minimum atomic E-state index is -0.534. The Morgan fingerprint density at radius 1 is 1.11 bits per heavy atom. The highest BCUT2D eigenvalue weighted by atomic mass is 19.1. The van der Waals surface area contributed by atoms with E-state index >= 15 is 0 Å². The van der Waals surface area contributed by atoms with Gasteiger partial charge in [0.2, 0.25) is 0 Å². The maximum Gasteiger partial charge on any atom is 0.183 e. The summed E-state index contributed by atoms with van der Waals surface area (Å²) in [5.41, 5.74) is 2.02. The summed E-state index contributed by atoms with van der Waals surface area (Å²) in [4.78, 5) is 8.62. The molecule has 0 aliphatic heterocycles. The van der Waals surface area contributed by atoms with Crippen molar-refractivity contribution in [1.82, 2.24) is 30.2 Å². The average molecular weight is 480 g/mol. The van der Waals surface area contributed by atoms with Gasteiger partial charge in [-0.05, 0) is 30.9 Å². The van der Waals surface area contributed by atoms with Crippen LogP contribution >= 0.6 is 0 Å². The fourth-order valence-corrected chi connectivity index (χ4v) is 3.79. The highest BCUT2D eigenvalue weighted by molar-refractivity contribution is 5.63. The molecule has 3 aromatic heterocycles. The van der Waals surface area contributed by atoms with Crippen LogP contribution in [-0.2, 0) is 6.54 Å². The third-order valence-corrected chi connectivity index (χ3v) is 6.06. The topological polar surface area (TPSA) is 93.7 Å². The Hall–Kier alpha value is -3.66. The molecule has 0 saturated heterocycles. The first-order chi connectivity index (χ1) is 17.0. The number of halogens is 2. The molecule has 5 rings (SSSR count). The second kappa shape index (κ2) is 9.91. The number of nitrogens with zero attached hydrogens (tertiary/aromatic N) is 5. The van der Waals surface area contributed by atoms with Gasteiger partial charge in [-0.3, -0.25) is 4.68 Å². The summed E-state index contributed by atoms with van der Waals surface area (Å²) >= 11 is 0. The van der Waals surface area contributed by atoms with Crippen molar-refractivity contribution in [3.63, 3.8) is 0 Å². The van der Waals surface area contributed by atoms with Gasteiger partial charge in [-0.2, -0.15) is 5.10 Å². The largest absolute Gasteiger partial charge is 0.364 e. The number of hydrogen-bond donors (Lipinski definition) is 2. The first kappa shape index (κ1) is 23.1. The molecule has 8 nitrogen and oxygen atoms in total. The lowest BCUT2D eigenvalue weighted by atomic mass is 10.0. The van der Waals surface area contributed by atoms with Gasteiger partial charge in [0.25, 0.3) is 0 Å². The SMILES string of the molecule is CC(C)C(CNC1CC1)Nc1nc(-c2cc(-c3ccon3)n(Cc3ccccc3F)n2)ncc1F. The monoisotopic (exact) mass is 479 g/mol. The molecule has 1 saturated carbocycles. The maximum absolute atomic E-state index is 14.7. The second-order valence-corrected chi connectivity index (χ2v) is 9.12. The zero-order chi connectivity index (χ0) is 24.4. The highest BCUT2D eigenvalue weighted by Gasteiger charge is 2.24. The summed E-state index contributed by atoms with van der Waals surface area (Å²) in [5.74, 6) is -0.229. The van der Waals surface area contributed by atoms with E-state index in [1.54, 1.807) is 35.0 Å². The molecule has 1 atom stereocenters. The van der Waals surface area contributed by atoms with Gasteiger partial charge in [0, 0.05) is 30.3 Å². The van der Waals surface area contributed by atoms with Crippen molar-refractivity contribution in [1.29, 1.82) is 0 Å². The Bertz CT molecular complexity index is 1280. The van der Waals surface area contributed by atoms with E-state index in [0.29, 0.717) is 35.2 Å². The van der Waals surface area contributed by atoms with Crippen molar-refractivity contribution in [2.45, 2.75) is 45.3 Å². The van der Waals surface area contributed by atoms with Crippen LogP contribution in [-0.4, -0.2) is 43.5 Å². The molecule has 3 heterocycles. The van der Waals surface area contributed by atoms with Gasteiger partial charge in [-0.1, -0.05) is 37.2 Å². The van der Waals surface area contributed by atoms with Gasteiger partial charge in [0.1, 0.15) is 23.5 Å². The van der Waals surface area contributed by atoms with Gasteiger partial charge in [0.15, 0.2) is 17.5 Å². The molecular weight excluding hydrogens is 452 g/mol. The van der Waals surface area contributed by atoms with E-state index < -0.39 is 5.82 Å². The van der Waals surface area contributed by atoms with E-state index in [1.165, 1.54) is 25.2 Å². The predicted molar refractivity (Wildman–Crippen MR) is 127 cm³/mol. The Morgan fingerprint density at radius 3 is 2.66 bits per heavy atom. The normalized spacial score (nSPS) is 14.4. The Labute approximate surface area is 201 Å². The van der Waals surface area contributed by atoms with Crippen LogP contribution in [0.25, 0.3) is 22.9 Å². The second-order valence-electron chi connectivity index (χ2n) is 9.12. The van der Waals surface area contributed by atoms with Crippen LogP contribution in [0.3, 0.4) is 0 Å². The van der Waals surface area contributed by atoms with Crippen LogP contribution in [0.2, 0.25) is 0 Å². The van der Waals surface area contributed by atoms with E-state index in [-0.39, 0.29) is 36.0 Å². The Balaban J connectivity index is 1.45. The quantitative estimate of drug-likeness (QED) is 0.346. The third kappa shape index (κ3) is 5.37. The molecule has 0 spiro atoms. The standard InChI is InChI=1S/C25H27F2N7O/c1-15(2)22(13-28-17-7-8-17)30-24-19(27)12-29-25(31-24)21-11-23(20-9-10-35-33-20)34(32-21)14-16-5-3-4-6-18(16)26/h3-6,9-12,15,17,22,28H,7-8,13-14H2,1-2H3,(H,29,30,31). The van der Waals surface area contributed by atoms with E-state index in [1.807, 2.05) is 0 Å². The minimum Gasteiger partial charge on any atom is -0.364 e. The van der Waals surface area contributed by atoms with Crippen molar-refractivity contribution in [3.8, 4) is 22.9 Å². The predicted octanol–water partition coefficient (Wildman–Crippen LogP) is 4.51. The number of nitrogens with one attached hydrogen (secondary N) is 2. The van der Waals surface area contributed by atoms with Crippen molar-refractivity contribution in [3.05, 3.63) is 66.1 Å². The van der Waals surface area contributed by atoms with Gasteiger partial charge in [0.05, 0.1) is 18.4 Å². The Morgan fingerprint density at radius 2 is 1.94 bits per heavy atom. The molecule has 1 aliphatic rings. The van der Waals surface area contributed by atoms with Gasteiger partial charge >= 0.3 is 0 Å². The molecule has 1 aromatic carbocycles. The molecule has 1 fully saturated rings. The van der Waals surface area contributed by atoms with Crippen LogP contribution in [0.4, 0.5) is 14.6 Å². The molecule has 1 unspecified atom stereocenters. The summed E-state index contributed by atoms with van der Waals surface area (Å²) < 4.78 is 35.6. The molecule has 0 amide bonds. The van der Waals surface area contributed by atoms with Crippen LogP contribution in [0.5, 0.6) is 0 Å². The molecule has 2 N–H and O–H groups in total. The Kier molecular flexibility index (Phi) is 6.54. The molecule has 35 heavy (non-hydrogen) atoms. The zero-order valence-corrected chi connectivity index (χ0v) is 19.6. The highest BCUT2D eigenvalue weighted by Crippen LogP contribution is 2.26. The van der Waals surface area contributed by atoms with Crippen LogP contribution in [0.1, 0.15) is 32.3 Å². The fourth-order valence-electron chi connectivity index (χ4n) is 3.79. The van der Waals surface area contributed by atoms with Crippen molar-refractivity contribution in [2.24, 2.45) is 5.92 Å². The van der Waals surface area contributed by atoms with E-state index in [9.17, 15) is 8.78 Å². The average Bonchev–Trinajstić information content (AvgIpc) is 3.33. The summed E-state index contributed by atoms with van der Waals surface area (Å²) in [6.45, 7) is 5.06. The van der Waals surface area contributed by atoms with Crippen molar-refractivity contribution >= 4 is 5.82 Å². The lowest BCUT2D eigenvalue weighted by molar-refractivity contribution is 0.421. The van der Waals surface area contributed by atoms with Gasteiger partial charge in [-0.15, -0.1) is 0 Å². The number of anilines is 1. The first-order valence-corrected chi connectivity index (χ1v) is 11.7. The summed E-state index contributed by atoms with van der Waals surface area (Å²) in [6.07, 6.45) is 4.95. The van der Waals surface area contributed by atoms with Crippen molar-refractivity contribution < 1.29 is 13.3 Å². The summed E-state index contributed by atoms with van der Waals surface area (Å²) in [6, 6.07) is 10.5. The first-order valence-electron chi connectivity index (χ1n) is 11.7. The molecule has 0 radical (unpaired) electrons. The molecule has 4 aromatic rings. The third-order valence-electron chi connectivity index (χ3n) is 6.06. The smallest absolute Gasteiger partial charge is 0.183 e. The molecule has 1 aliphatic carbocycles. The van der Waals surface area contributed by atoms with E-state index in [2.05, 4.69) is 44.7 Å². The van der Waals surface area contributed by atoms with Gasteiger partial charge in [-0.25, -0.2) is 18.7 Å². The number of hydrogen-bond acceptors (Lipinski definition) is 7. The summed E-state index contributed by atoms with van der Waals surface area (Å²) in [5, 5.41) is 15.3. The zero-order valence-electron chi connectivity index (χ0n) is 19.6. The molecule has 182 valence electrons. The van der Waals surface area contributed by atoms with Crippen molar-refractivity contribution in [2.75, 3.05) is 11.9 Å². The number of aromatic nitrogens is 5. The molecular formula is C25H27F2N7O. The molecule has 0 bridgehead atoms. The van der Waals surface area contributed by atoms with Gasteiger partial charge < -0.3 is 15.2 Å². The van der Waals surface area contributed by atoms with Crippen LogP contribution in [0.15, 0.2) is 53.4 Å². The fraction of sp³-hybridized carbons (Fsp3) is 0.360. The minimum absolute atomic E-state index is 0.00263. The summed E-state index contributed by atoms with van der Waals surface area (Å²) in [7, 11) is 0. The lowest BCUT2D eigenvalue weighted by Gasteiger charge is -2.23. The molecule has 10 heteroatoms.